The van der Waals surface area contributed by atoms with Gasteiger partial charge in [-0.3, -0.25) is 4.79 Å². The molecule has 0 bridgehead atoms. The molecule has 0 aromatic rings. The molecule has 2 aliphatic heterocycles. The molecule has 7 N–H and O–H groups in total. The average molecular weight is 1200 g/mol. The Kier molecular flexibility index (Phi) is 51.9. The molecular formula is C71H124O14. The van der Waals surface area contributed by atoms with Crippen molar-refractivity contribution in [3.05, 3.63) is 85.1 Å². The van der Waals surface area contributed by atoms with Crippen molar-refractivity contribution in [2.45, 2.75) is 325 Å². The fraction of sp³-hybridized carbons (Fsp3) is 0.789. The Balaban J connectivity index is 1.67. The van der Waals surface area contributed by atoms with Gasteiger partial charge in [-0.15, -0.1) is 0 Å². The van der Waals surface area contributed by atoms with Gasteiger partial charge in [0.15, 0.2) is 12.6 Å². The number of rotatable bonds is 56. The molecule has 2 heterocycles. The number of ether oxygens (including phenoxy) is 6. The van der Waals surface area contributed by atoms with Gasteiger partial charge in [0.1, 0.15) is 54.9 Å². The van der Waals surface area contributed by atoms with Gasteiger partial charge in [-0.05, 0) is 70.6 Å². The standard InChI is InChI=1S/C71H124O14/c1-3-5-7-9-11-13-15-17-19-21-23-25-27-29-31-33-35-37-39-41-43-45-47-49-51-53-55-80-57-60(58-81-70-69(79)67(77)65(75)62(85-70)59-82-71-68(78)66(76)64(74)61(56-72)84-71)83-63(73)54-52-50-48-46-44-42-40-38-36-34-32-30-28-26-24-22-20-18-16-14-12-10-8-6-4-2/h6,8,12,14,18,20,24,26,30,32,36,38,42,44,60-62,64-72,74-79H,3-5,7,9-11,13,15-17,19,21-23,25,27-29,31,33-35,37,39-41,43,45-59H2,1-2H3/b8-6-,14-12-,20-18-,26-24-,32-30-,38-36-,44-42-. The molecule has 0 radical (unpaired) electrons. The second-order valence-corrected chi connectivity index (χ2v) is 23.6. The fourth-order valence-electron chi connectivity index (χ4n) is 10.5. The van der Waals surface area contributed by atoms with Crippen LogP contribution in [0.2, 0.25) is 0 Å². The third-order valence-corrected chi connectivity index (χ3v) is 15.9. The lowest BCUT2D eigenvalue weighted by Crippen LogP contribution is -2.61. The predicted molar refractivity (Wildman–Crippen MR) is 344 cm³/mol. The molecule has 2 aliphatic rings. The summed E-state index contributed by atoms with van der Waals surface area (Å²) in [6.07, 6.45) is 59.5. The fourth-order valence-corrected chi connectivity index (χ4v) is 10.5. The highest BCUT2D eigenvalue weighted by Gasteiger charge is 2.47. The van der Waals surface area contributed by atoms with Crippen molar-refractivity contribution in [2.24, 2.45) is 0 Å². The van der Waals surface area contributed by atoms with E-state index in [1.165, 1.54) is 148 Å². The summed E-state index contributed by atoms with van der Waals surface area (Å²) in [7, 11) is 0. The first-order valence-corrected chi connectivity index (χ1v) is 34.2. The van der Waals surface area contributed by atoms with E-state index < -0.39 is 86.7 Å². The molecule has 11 atom stereocenters. The van der Waals surface area contributed by atoms with Crippen LogP contribution in [0.25, 0.3) is 0 Å². The van der Waals surface area contributed by atoms with Crippen molar-refractivity contribution in [2.75, 3.05) is 33.0 Å². The highest BCUT2D eigenvalue weighted by molar-refractivity contribution is 5.69. The Labute approximate surface area is 516 Å². The lowest BCUT2D eigenvalue weighted by molar-refractivity contribution is -0.332. The van der Waals surface area contributed by atoms with Crippen molar-refractivity contribution < 1.29 is 69.0 Å². The zero-order valence-corrected chi connectivity index (χ0v) is 53.3. The molecule has 2 fully saturated rings. The lowest BCUT2D eigenvalue weighted by atomic mass is 9.98. The lowest BCUT2D eigenvalue weighted by Gasteiger charge is -2.42. The summed E-state index contributed by atoms with van der Waals surface area (Å²) in [5, 5.41) is 72.6. The van der Waals surface area contributed by atoms with Gasteiger partial charge in [-0.2, -0.15) is 0 Å². The van der Waals surface area contributed by atoms with E-state index in [1.54, 1.807) is 0 Å². The molecule has 492 valence electrons. The summed E-state index contributed by atoms with van der Waals surface area (Å²) in [6, 6.07) is 0. The van der Waals surface area contributed by atoms with E-state index in [2.05, 4.69) is 98.9 Å². The smallest absolute Gasteiger partial charge is 0.306 e. The van der Waals surface area contributed by atoms with E-state index in [-0.39, 0.29) is 19.6 Å². The first-order chi connectivity index (χ1) is 41.6. The van der Waals surface area contributed by atoms with Crippen LogP contribution in [0.4, 0.5) is 0 Å². The second kappa shape index (κ2) is 56.4. The van der Waals surface area contributed by atoms with Crippen LogP contribution < -0.4 is 0 Å². The molecule has 2 rings (SSSR count). The molecule has 0 saturated carbocycles. The van der Waals surface area contributed by atoms with Gasteiger partial charge >= 0.3 is 5.97 Å². The maximum atomic E-state index is 13.1. The molecular weight excluding hydrogens is 1080 g/mol. The average Bonchev–Trinajstić information content (AvgIpc) is 3.68. The number of aliphatic hydroxyl groups is 7. The van der Waals surface area contributed by atoms with Crippen molar-refractivity contribution >= 4 is 5.97 Å². The number of esters is 1. The zero-order chi connectivity index (χ0) is 61.5. The van der Waals surface area contributed by atoms with Crippen LogP contribution in [0.15, 0.2) is 85.1 Å². The molecule has 14 nitrogen and oxygen atoms in total. The van der Waals surface area contributed by atoms with Crippen LogP contribution in [-0.4, -0.2) is 142 Å². The van der Waals surface area contributed by atoms with Crippen molar-refractivity contribution in [3.63, 3.8) is 0 Å². The quantitative estimate of drug-likeness (QED) is 0.0171. The van der Waals surface area contributed by atoms with E-state index in [9.17, 15) is 40.5 Å². The first kappa shape index (κ1) is 78.3. The topological polar surface area (TPSA) is 214 Å². The predicted octanol–water partition coefficient (Wildman–Crippen LogP) is 14.3. The molecule has 0 spiro atoms. The number of hydrogen-bond acceptors (Lipinski definition) is 14. The summed E-state index contributed by atoms with van der Waals surface area (Å²) in [5.74, 6) is -0.406. The largest absolute Gasteiger partial charge is 0.457 e. The molecule has 11 unspecified atom stereocenters. The maximum Gasteiger partial charge on any atom is 0.306 e. The van der Waals surface area contributed by atoms with Gasteiger partial charge < -0.3 is 64.2 Å². The van der Waals surface area contributed by atoms with E-state index in [1.807, 2.05) is 0 Å². The Bertz CT molecular complexity index is 1730. The normalized spacial score (nSPS) is 23.7. The number of carbonyl (C=O) groups is 1. The summed E-state index contributed by atoms with van der Waals surface area (Å²) >= 11 is 0. The van der Waals surface area contributed by atoms with Crippen LogP contribution in [0.5, 0.6) is 0 Å². The van der Waals surface area contributed by atoms with Crippen LogP contribution in [-0.2, 0) is 33.2 Å². The SMILES string of the molecule is CC/C=C\C/C=C\C/C=C\C/C=C\C/C=C\C/C=C\C/C=C\CCCCCC(=O)OC(COCCCCCCCCCCCCCCCCCCCCCCCCCCCC)COC1OC(COC2OC(CO)C(O)C(O)C2O)C(O)C(O)C1O. The highest BCUT2D eigenvalue weighted by Crippen LogP contribution is 2.27. The summed E-state index contributed by atoms with van der Waals surface area (Å²) < 4.78 is 34.5. The van der Waals surface area contributed by atoms with Gasteiger partial charge in [0.05, 0.1) is 26.4 Å². The molecule has 0 amide bonds. The van der Waals surface area contributed by atoms with Crippen LogP contribution in [0, 0.1) is 0 Å². The number of hydrogen-bond donors (Lipinski definition) is 7. The van der Waals surface area contributed by atoms with Crippen molar-refractivity contribution in [1.29, 1.82) is 0 Å². The van der Waals surface area contributed by atoms with E-state index in [0.29, 0.717) is 13.0 Å². The van der Waals surface area contributed by atoms with Crippen molar-refractivity contribution in [1.82, 2.24) is 0 Å². The molecule has 0 aliphatic carbocycles. The molecule has 0 aromatic carbocycles. The molecule has 2 saturated heterocycles. The van der Waals surface area contributed by atoms with E-state index >= 15 is 0 Å². The number of carbonyl (C=O) groups excluding carboxylic acids is 1. The highest BCUT2D eigenvalue weighted by atomic mass is 16.7. The van der Waals surface area contributed by atoms with Gasteiger partial charge in [-0.1, -0.05) is 266 Å². The summed E-state index contributed by atoms with van der Waals surface area (Å²) in [4.78, 5) is 13.1. The Morgan fingerprint density at radius 3 is 1.19 bits per heavy atom. The third-order valence-electron chi connectivity index (χ3n) is 15.9. The monoisotopic (exact) mass is 1200 g/mol. The Hall–Kier alpha value is -2.83. The number of unbranched alkanes of at least 4 members (excludes halogenated alkanes) is 28. The minimum Gasteiger partial charge on any atom is -0.457 e. The number of allylic oxidation sites excluding steroid dienone is 14. The van der Waals surface area contributed by atoms with Gasteiger partial charge in [-0.25, -0.2) is 0 Å². The zero-order valence-electron chi connectivity index (χ0n) is 53.3. The van der Waals surface area contributed by atoms with Crippen LogP contribution in [0.1, 0.15) is 258 Å². The van der Waals surface area contributed by atoms with Gasteiger partial charge in [0, 0.05) is 13.0 Å². The molecule has 85 heavy (non-hydrogen) atoms. The number of aliphatic hydroxyl groups excluding tert-OH is 7. The summed E-state index contributed by atoms with van der Waals surface area (Å²) in [6.45, 7) is 3.57. The maximum absolute atomic E-state index is 13.1. The minimum atomic E-state index is -1.72. The first-order valence-electron chi connectivity index (χ1n) is 34.2. The van der Waals surface area contributed by atoms with Gasteiger partial charge in [0.25, 0.3) is 0 Å². The Morgan fingerprint density at radius 2 is 0.765 bits per heavy atom. The molecule has 0 aromatic heterocycles. The van der Waals surface area contributed by atoms with Crippen LogP contribution >= 0.6 is 0 Å². The molecule has 14 heteroatoms. The second-order valence-electron chi connectivity index (χ2n) is 23.6. The van der Waals surface area contributed by atoms with E-state index in [4.69, 9.17) is 28.4 Å². The van der Waals surface area contributed by atoms with Crippen molar-refractivity contribution in [3.8, 4) is 0 Å². The minimum absolute atomic E-state index is 0.0460. The Morgan fingerprint density at radius 1 is 0.400 bits per heavy atom. The van der Waals surface area contributed by atoms with Gasteiger partial charge in [0.2, 0.25) is 0 Å². The summed E-state index contributed by atoms with van der Waals surface area (Å²) in [5.41, 5.74) is 0. The van der Waals surface area contributed by atoms with Crippen LogP contribution in [0.3, 0.4) is 0 Å². The third kappa shape index (κ3) is 41.9. The van der Waals surface area contributed by atoms with E-state index in [0.717, 1.165) is 83.5 Å².